The first-order chi connectivity index (χ1) is 11.2. The van der Waals surface area contributed by atoms with Gasteiger partial charge in [0.05, 0.1) is 5.56 Å². The van der Waals surface area contributed by atoms with Crippen LogP contribution in [0, 0.1) is 20.8 Å². The Kier molecular flexibility index (Phi) is 5.49. The number of halogens is 3. The molecule has 0 aromatic heterocycles. The first kappa shape index (κ1) is 18.3. The van der Waals surface area contributed by atoms with Crippen molar-refractivity contribution in [3.05, 3.63) is 64.2 Å². The Labute approximate surface area is 145 Å². The molecule has 0 aliphatic rings. The van der Waals surface area contributed by atoms with Crippen LogP contribution in [-0.4, -0.2) is 5.11 Å². The summed E-state index contributed by atoms with van der Waals surface area (Å²) in [6.45, 7) is 5.98. The van der Waals surface area contributed by atoms with Crippen LogP contribution >= 0.6 is 12.2 Å². The summed E-state index contributed by atoms with van der Waals surface area (Å²) < 4.78 is 38.9. The first-order valence-corrected chi connectivity index (χ1v) is 7.87. The first-order valence-electron chi connectivity index (χ1n) is 7.46. The lowest BCUT2D eigenvalue weighted by atomic mass is 10.1. The lowest BCUT2D eigenvalue weighted by Gasteiger charge is -2.16. The van der Waals surface area contributed by atoms with Crippen molar-refractivity contribution in [2.24, 2.45) is 0 Å². The summed E-state index contributed by atoms with van der Waals surface area (Å²) in [5.41, 5.74) is 3.68. The number of thiocarbonyl (C=S) groups is 1. The maximum absolute atomic E-state index is 13.0. The average Bonchev–Trinajstić information content (AvgIpc) is 2.50. The van der Waals surface area contributed by atoms with Crippen LogP contribution in [0.25, 0.3) is 0 Å². The molecule has 0 aliphatic heterocycles. The van der Waals surface area contributed by atoms with Gasteiger partial charge in [0.25, 0.3) is 0 Å². The van der Waals surface area contributed by atoms with Gasteiger partial charge >= 0.3 is 6.18 Å². The normalized spacial score (nSPS) is 11.2. The van der Waals surface area contributed by atoms with Crippen LogP contribution in [0.2, 0.25) is 0 Å². The Hall–Kier alpha value is -2.08. The number of hydrogen-bond acceptors (Lipinski definition) is 1. The maximum Gasteiger partial charge on any atom is 0.416 e. The second kappa shape index (κ2) is 7.21. The Morgan fingerprint density at radius 2 is 1.62 bits per heavy atom. The number of rotatable bonds is 3. The number of hydrogen-bond donors (Lipinski definition) is 2. The molecule has 6 heteroatoms. The van der Waals surface area contributed by atoms with E-state index >= 15 is 0 Å². The molecule has 2 aromatic carbocycles. The summed E-state index contributed by atoms with van der Waals surface area (Å²) in [4.78, 5) is 0. The van der Waals surface area contributed by atoms with Crippen LogP contribution in [0.15, 0.2) is 36.4 Å². The van der Waals surface area contributed by atoms with E-state index in [0.717, 1.165) is 22.9 Å². The third-order valence-electron chi connectivity index (χ3n) is 3.85. The van der Waals surface area contributed by atoms with Gasteiger partial charge in [0.2, 0.25) is 0 Å². The molecule has 0 aliphatic carbocycles. The monoisotopic (exact) mass is 352 g/mol. The predicted octanol–water partition coefficient (Wildman–Crippen LogP) is 5.12. The van der Waals surface area contributed by atoms with Gasteiger partial charge in [0.1, 0.15) is 0 Å². The van der Waals surface area contributed by atoms with Crippen LogP contribution in [0.1, 0.15) is 27.8 Å². The van der Waals surface area contributed by atoms with E-state index in [1.165, 1.54) is 17.7 Å². The molecule has 0 saturated carbocycles. The zero-order valence-electron chi connectivity index (χ0n) is 13.7. The Balaban J connectivity index is 2.06. The molecule has 0 fully saturated rings. The van der Waals surface area contributed by atoms with Crippen molar-refractivity contribution in [2.45, 2.75) is 33.5 Å². The minimum atomic E-state index is -4.38. The van der Waals surface area contributed by atoms with Crippen LogP contribution in [0.5, 0.6) is 0 Å². The molecule has 0 saturated heterocycles. The van der Waals surface area contributed by atoms with Crippen molar-refractivity contribution in [1.82, 2.24) is 5.32 Å². The van der Waals surface area contributed by atoms with Gasteiger partial charge < -0.3 is 10.6 Å². The van der Waals surface area contributed by atoms with E-state index in [2.05, 4.69) is 10.6 Å². The second-order valence-corrected chi connectivity index (χ2v) is 6.12. The van der Waals surface area contributed by atoms with Gasteiger partial charge in [0.15, 0.2) is 5.11 Å². The van der Waals surface area contributed by atoms with E-state index in [0.29, 0.717) is 5.11 Å². The zero-order chi connectivity index (χ0) is 17.9. The molecule has 0 unspecified atom stereocenters. The number of nitrogens with one attached hydrogen (secondary N) is 2. The van der Waals surface area contributed by atoms with Gasteiger partial charge in [0, 0.05) is 12.2 Å². The molecule has 0 atom stereocenters. The van der Waals surface area contributed by atoms with Crippen LogP contribution in [-0.2, 0) is 12.7 Å². The van der Waals surface area contributed by atoms with Gasteiger partial charge in [-0.2, -0.15) is 13.2 Å². The van der Waals surface area contributed by atoms with Crippen LogP contribution < -0.4 is 10.6 Å². The highest BCUT2D eigenvalue weighted by Gasteiger charge is 2.32. The smallest absolute Gasteiger partial charge is 0.358 e. The van der Waals surface area contributed by atoms with Crippen molar-refractivity contribution in [3.8, 4) is 0 Å². The van der Waals surface area contributed by atoms with Gasteiger partial charge in [-0.3, -0.25) is 0 Å². The SMILES string of the molecule is Cc1cc(C)c(NC(=S)NCc2ccccc2C(F)(F)F)cc1C. The Morgan fingerprint density at radius 1 is 1.00 bits per heavy atom. The highest BCUT2D eigenvalue weighted by atomic mass is 32.1. The van der Waals surface area contributed by atoms with Gasteiger partial charge in [-0.25, -0.2) is 0 Å². The van der Waals surface area contributed by atoms with Crippen molar-refractivity contribution < 1.29 is 13.2 Å². The molecule has 0 radical (unpaired) electrons. The lowest BCUT2D eigenvalue weighted by Crippen LogP contribution is -2.29. The summed E-state index contributed by atoms with van der Waals surface area (Å²) in [5, 5.41) is 6.18. The fourth-order valence-electron chi connectivity index (χ4n) is 2.39. The molecule has 2 rings (SSSR count). The molecule has 2 aromatic rings. The number of anilines is 1. The molecular weight excluding hydrogens is 333 g/mol. The quantitative estimate of drug-likeness (QED) is 0.750. The summed E-state index contributed by atoms with van der Waals surface area (Å²) >= 11 is 5.20. The number of alkyl halides is 3. The van der Waals surface area contributed by atoms with Crippen LogP contribution in [0.3, 0.4) is 0 Å². The summed E-state index contributed by atoms with van der Waals surface area (Å²) in [6.07, 6.45) is -4.38. The molecular formula is C18H19F3N2S. The summed E-state index contributed by atoms with van der Waals surface area (Å²) in [6, 6.07) is 9.49. The summed E-state index contributed by atoms with van der Waals surface area (Å²) in [5.74, 6) is 0. The zero-order valence-corrected chi connectivity index (χ0v) is 14.5. The predicted molar refractivity (Wildman–Crippen MR) is 95.2 cm³/mol. The fraction of sp³-hybridized carbons (Fsp3) is 0.278. The molecule has 0 amide bonds. The molecule has 0 heterocycles. The Bertz CT molecular complexity index is 754. The molecule has 128 valence electrons. The van der Waals surface area contributed by atoms with Crippen molar-refractivity contribution >= 4 is 23.0 Å². The number of aryl methyl sites for hydroxylation is 3. The summed E-state index contributed by atoms with van der Waals surface area (Å²) in [7, 11) is 0. The van der Waals surface area contributed by atoms with Gasteiger partial charge in [-0.1, -0.05) is 24.3 Å². The van der Waals surface area contributed by atoms with Gasteiger partial charge in [-0.15, -0.1) is 0 Å². The molecule has 2 nitrogen and oxygen atoms in total. The minimum absolute atomic E-state index is 0.00536. The average molecular weight is 352 g/mol. The van der Waals surface area contributed by atoms with Crippen molar-refractivity contribution in [3.63, 3.8) is 0 Å². The standard InChI is InChI=1S/C18H19F3N2S/c1-11-8-13(3)16(9-12(11)2)23-17(24)22-10-14-6-4-5-7-15(14)18(19,20)21/h4-9H,10H2,1-3H3,(H2,22,23,24). The van der Waals surface area contributed by atoms with E-state index in [4.69, 9.17) is 12.2 Å². The van der Waals surface area contributed by atoms with Crippen molar-refractivity contribution in [2.75, 3.05) is 5.32 Å². The van der Waals surface area contributed by atoms with E-state index < -0.39 is 11.7 Å². The third-order valence-corrected chi connectivity index (χ3v) is 4.10. The van der Waals surface area contributed by atoms with E-state index in [-0.39, 0.29) is 12.1 Å². The maximum atomic E-state index is 13.0. The van der Waals surface area contributed by atoms with E-state index in [1.54, 1.807) is 6.07 Å². The van der Waals surface area contributed by atoms with Gasteiger partial charge in [-0.05, 0) is 67.4 Å². The largest absolute Gasteiger partial charge is 0.416 e. The topological polar surface area (TPSA) is 24.1 Å². The van der Waals surface area contributed by atoms with E-state index in [9.17, 15) is 13.2 Å². The fourth-order valence-corrected chi connectivity index (χ4v) is 2.57. The second-order valence-electron chi connectivity index (χ2n) is 5.71. The minimum Gasteiger partial charge on any atom is -0.358 e. The molecule has 0 spiro atoms. The Morgan fingerprint density at radius 3 is 2.29 bits per heavy atom. The molecule has 2 N–H and O–H groups in total. The third kappa shape index (κ3) is 4.47. The highest BCUT2D eigenvalue weighted by molar-refractivity contribution is 7.80. The molecule has 0 bridgehead atoms. The highest BCUT2D eigenvalue weighted by Crippen LogP contribution is 2.31. The lowest BCUT2D eigenvalue weighted by molar-refractivity contribution is -0.138. The van der Waals surface area contributed by atoms with E-state index in [1.807, 2.05) is 32.9 Å². The number of benzene rings is 2. The van der Waals surface area contributed by atoms with Crippen LogP contribution in [0.4, 0.5) is 18.9 Å². The van der Waals surface area contributed by atoms with Crippen molar-refractivity contribution in [1.29, 1.82) is 0 Å². The molecule has 24 heavy (non-hydrogen) atoms.